The van der Waals surface area contributed by atoms with Crippen LogP contribution in [-0.2, 0) is 11.8 Å². The smallest absolute Gasteiger partial charge is 0.338 e. The molecule has 0 unspecified atom stereocenters. The molecule has 28 heavy (non-hydrogen) atoms. The van der Waals surface area contributed by atoms with Gasteiger partial charge in [0.05, 0.1) is 30.2 Å². The van der Waals surface area contributed by atoms with Crippen molar-refractivity contribution in [3.05, 3.63) is 70.0 Å². The number of fused-ring (bicyclic) bond motifs is 1. The number of nitrogens with one attached hydrogen (secondary N) is 1. The molecule has 0 radical (unpaired) electrons. The van der Waals surface area contributed by atoms with E-state index in [1.807, 2.05) is 0 Å². The average molecular weight is 380 g/mol. The lowest BCUT2D eigenvalue weighted by molar-refractivity contribution is 0.0526. The number of carbonyl (C=O) groups is 2. The van der Waals surface area contributed by atoms with Gasteiger partial charge in [0.1, 0.15) is 11.3 Å². The number of carbonyl (C=O) groups excluding carboxylic acids is 2. The van der Waals surface area contributed by atoms with Gasteiger partial charge in [0.25, 0.3) is 5.91 Å². The van der Waals surface area contributed by atoms with Crippen molar-refractivity contribution in [3.8, 4) is 5.75 Å². The first-order valence-corrected chi connectivity index (χ1v) is 8.70. The lowest BCUT2D eigenvalue weighted by Crippen LogP contribution is -2.23. The van der Waals surface area contributed by atoms with E-state index in [9.17, 15) is 14.4 Å². The fraction of sp³-hybridized carbons (Fsp3) is 0.190. The van der Waals surface area contributed by atoms with Crippen LogP contribution in [0.5, 0.6) is 5.75 Å². The van der Waals surface area contributed by atoms with E-state index in [1.165, 1.54) is 19.4 Å². The molecule has 1 aromatic heterocycles. The number of aryl methyl sites for hydroxylation is 1. The van der Waals surface area contributed by atoms with Crippen LogP contribution in [0.4, 0.5) is 5.69 Å². The number of rotatable bonds is 5. The van der Waals surface area contributed by atoms with E-state index in [1.54, 1.807) is 54.9 Å². The van der Waals surface area contributed by atoms with E-state index in [2.05, 4.69) is 5.32 Å². The Balaban J connectivity index is 1.96. The summed E-state index contributed by atoms with van der Waals surface area (Å²) in [6.45, 7) is 1.97. The van der Waals surface area contributed by atoms with Crippen LogP contribution < -0.4 is 15.5 Å². The quantitative estimate of drug-likeness (QED) is 0.688. The highest BCUT2D eigenvalue weighted by Crippen LogP contribution is 2.19. The highest BCUT2D eigenvalue weighted by molar-refractivity contribution is 6.06. The van der Waals surface area contributed by atoms with E-state index < -0.39 is 17.3 Å². The Morgan fingerprint density at radius 2 is 1.93 bits per heavy atom. The normalized spacial score (nSPS) is 10.5. The molecule has 7 heteroatoms. The lowest BCUT2D eigenvalue weighted by Gasteiger charge is -2.11. The summed E-state index contributed by atoms with van der Waals surface area (Å²) in [5, 5.41) is 3.05. The van der Waals surface area contributed by atoms with Crippen molar-refractivity contribution in [2.24, 2.45) is 7.05 Å². The standard InChI is InChI=1S/C21H20N2O5/c1-4-28-21(26)13-6-5-7-14(10-13)22-20(25)17-12-23(2)18-9-8-15(27-3)11-16(18)19(17)24/h5-12H,4H2,1-3H3,(H,22,25). The van der Waals surface area contributed by atoms with Crippen molar-refractivity contribution in [2.45, 2.75) is 6.92 Å². The van der Waals surface area contributed by atoms with Gasteiger partial charge in [-0.25, -0.2) is 4.79 Å². The Hall–Kier alpha value is -3.61. The lowest BCUT2D eigenvalue weighted by atomic mass is 10.1. The molecule has 0 aliphatic heterocycles. The number of benzene rings is 2. The van der Waals surface area contributed by atoms with Crippen LogP contribution in [0.2, 0.25) is 0 Å². The van der Waals surface area contributed by atoms with Gasteiger partial charge in [0.15, 0.2) is 0 Å². The number of aromatic nitrogens is 1. The fourth-order valence-electron chi connectivity index (χ4n) is 2.90. The molecule has 0 saturated heterocycles. The average Bonchev–Trinajstić information content (AvgIpc) is 2.70. The number of esters is 1. The number of methoxy groups -OCH3 is 1. The fourth-order valence-corrected chi connectivity index (χ4v) is 2.90. The number of amides is 1. The molecule has 2 aromatic carbocycles. The molecule has 0 bridgehead atoms. The maximum atomic E-state index is 12.8. The van der Waals surface area contributed by atoms with Crippen LogP contribution in [0.1, 0.15) is 27.6 Å². The Bertz CT molecular complexity index is 1120. The van der Waals surface area contributed by atoms with Crippen LogP contribution in [0, 0.1) is 0 Å². The minimum atomic E-state index is -0.564. The zero-order chi connectivity index (χ0) is 20.3. The summed E-state index contributed by atoms with van der Waals surface area (Å²) in [5.41, 5.74) is 0.988. The first kappa shape index (κ1) is 19.2. The van der Waals surface area contributed by atoms with Crippen LogP contribution in [-0.4, -0.2) is 30.2 Å². The number of pyridine rings is 1. The second-order valence-electron chi connectivity index (χ2n) is 6.12. The van der Waals surface area contributed by atoms with Crippen molar-refractivity contribution in [3.63, 3.8) is 0 Å². The minimum Gasteiger partial charge on any atom is -0.497 e. The Morgan fingerprint density at radius 1 is 1.14 bits per heavy atom. The first-order chi connectivity index (χ1) is 13.4. The Morgan fingerprint density at radius 3 is 2.64 bits per heavy atom. The Kier molecular flexibility index (Phi) is 5.44. The summed E-state index contributed by atoms with van der Waals surface area (Å²) in [7, 11) is 3.27. The van der Waals surface area contributed by atoms with Gasteiger partial charge in [0.2, 0.25) is 5.43 Å². The third-order valence-corrected chi connectivity index (χ3v) is 4.27. The van der Waals surface area contributed by atoms with E-state index >= 15 is 0 Å². The SMILES string of the molecule is CCOC(=O)c1cccc(NC(=O)c2cn(C)c3ccc(OC)cc3c2=O)c1. The topological polar surface area (TPSA) is 86.6 Å². The summed E-state index contributed by atoms with van der Waals surface area (Å²) >= 11 is 0. The monoisotopic (exact) mass is 380 g/mol. The molecule has 3 aromatic rings. The van der Waals surface area contributed by atoms with Gasteiger partial charge in [-0.05, 0) is 43.3 Å². The molecular weight excluding hydrogens is 360 g/mol. The van der Waals surface area contributed by atoms with Crippen molar-refractivity contribution in [1.29, 1.82) is 0 Å². The number of hydrogen-bond acceptors (Lipinski definition) is 5. The largest absolute Gasteiger partial charge is 0.497 e. The summed E-state index contributed by atoms with van der Waals surface area (Å²) in [4.78, 5) is 37.4. The highest BCUT2D eigenvalue weighted by Gasteiger charge is 2.16. The summed E-state index contributed by atoms with van der Waals surface area (Å²) in [5.74, 6) is -0.511. The molecule has 1 heterocycles. The molecule has 1 amide bonds. The van der Waals surface area contributed by atoms with Gasteiger partial charge in [-0.15, -0.1) is 0 Å². The van der Waals surface area contributed by atoms with Crippen molar-refractivity contribution >= 4 is 28.5 Å². The molecule has 3 rings (SSSR count). The van der Waals surface area contributed by atoms with Gasteiger partial charge in [-0.3, -0.25) is 9.59 Å². The molecule has 0 atom stereocenters. The van der Waals surface area contributed by atoms with E-state index in [0.29, 0.717) is 27.9 Å². The molecule has 0 fully saturated rings. The van der Waals surface area contributed by atoms with E-state index in [4.69, 9.17) is 9.47 Å². The predicted molar refractivity (Wildman–Crippen MR) is 106 cm³/mol. The molecule has 1 N–H and O–H groups in total. The summed E-state index contributed by atoms with van der Waals surface area (Å²) < 4.78 is 11.8. The first-order valence-electron chi connectivity index (χ1n) is 8.70. The Labute approximate surface area is 161 Å². The molecule has 144 valence electrons. The number of hydrogen-bond donors (Lipinski definition) is 1. The van der Waals surface area contributed by atoms with Crippen molar-refractivity contribution in [2.75, 3.05) is 19.0 Å². The summed E-state index contributed by atoms with van der Waals surface area (Å²) in [6.07, 6.45) is 1.49. The number of ether oxygens (including phenoxy) is 2. The third kappa shape index (κ3) is 3.73. The van der Waals surface area contributed by atoms with Crippen molar-refractivity contribution in [1.82, 2.24) is 4.57 Å². The zero-order valence-electron chi connectivity index (χ0n) is 15.8. The van der Waals surface area contributed by atoms with Gasteiger partial charge in [-0.1, -0.05) is 6.07 Å². The van der Waals surface area contributed by atoms with Crippen LogP contribution in [0.25, 0.3) is 10.9 Å². The highest BCUT2D eigenvalue weighted by atomic mass is 16.5. The predicted octanol–water partition coefficient (Wildman–Crippen LogP) is 2.98. The van der Waals surface area contributed by atoms with Crippen LogP contribution >= 0.6 is 0 Å². The van der Waals surface area contributed by atoms with Crippen LogP contribution in [0.3, 0.4) is 0 Å². The maximum Gasteiger partial charge on any atom is 0.338 e. The van der Waals surface area contributed by atoms with Gasteiger partial charge in [-0.2, -0.15) is 0 Å². The van der Waals surface area contributed by atoms with Crippen molar-refractivity contribution < 1.29 is 19.1 Å². The molecule has 0 aliphatic carbocycles. The van der Waals surface area contributed by atoms with Crippen LogP contribution in [0.15, 0.2) is 53.5 Å². The minimum absolute atomic E-state index is 0.00945. The van der Waals surface area contributed by atoms with Gasteiger partial charge < -0.3 is 19.4 Å². The molecule has 0 saturated carbocycles. The summed E-state index contributed by atoms with van der Waals surface area (Å²) in [6, 6.07) is 11.5. The zero-order valence-corrected chi connectivity index (χ0v) is 15.8. The van der Waals surface area contributed by atoms with E-state index in [0.717, 1.165) is 0 Å². The second-order valence-corrected chi connectivity index (χ2v) is 6.12. The molecular formula is C21H20N2O5. The molecule has 0 spiro atoms. The van der Waals surface area contributed by atoms with E-state index in [-0.39, 0.29) is 12.2 Å². The van der Waals surface area contributed by atoms with Gasteiger partial charge in [0, 0.05) is 18.9 Å². The van der Waals surface area contributed by atoms with Gasteiger partial charge >= 0.3 is 5.97 Å². The maximum absolute atomic E-state index is 12.8. The third-order valence-electron chi connectivity index (χ3n) is 4.27. The second kappa shape index (κ2) is 7.96. The molecule has 0 aliphatic rings. The molecule has 7 nitrogen and oxygen atoms in total. The number of anilines is 1. The number of nitrogens with zero attached hydrogens (tertiary/aromatic N) is 1.